The lowest BCUT2D eigenvalue weighted by molar-refractivity contribution is 1.08. The normalized spacial score (nSPS) is 11.0. The minimum Gasteiger partial charge on any atom is -0.307 e. The highest BCUT2D eigenvalue weighted by Gasteiger charge is 2.05. The second kappa shape index (κ2) is 5.61. The zero-order chi connectivity index (χ0) is 15.0. The van der Waals surface area contributed by atoms with Crippen molar-refractivity contribution < 1.29 is 0 Å². The van der Waals surface area contributed by atoms with Gasteiger partial charge in [-0.15, -0.1) is 0 Å². The van der Waals surface area contributed by atoms with Crippen LogP contribution in [-0.4, -0.2) is 9.97 Å². The summed E-state index contributed by atoms with van der Waals surface area (Å²) in [4.78, 5) is 27.9. The van der Waals surface area contributed by atoms with E-state index in [-0.39, 0.29) is 5.56 Å². The van der Waals surface area contributed by atoms with Crippen LogP contribution in [0.25, 0.3) is 10.9 Å². The first-order valence-corrected chi connectivity index (χ1v) is 7.81. The molecule has 0 fully saturated rings. The fourth-order valence-electron chi connectivity index (χ4n) is 2.21. The van der Waals surface area contributed by atoms with E-state index in [2.05, 4.69) is 41.8 Å². The Hall–Kier alpha value is -1.66. The van der Waals surface area contributed by atoms with Crippen molar-refractivity contribution in [3.05, 3.63) is 77.3 Å². The molecule has 0 saturated heterocycles. The van der Waals surface area contributed by atoms with Gasteiger partial charge in [-0.25, -0.2) is 4.79 Å². The van der Waals surface area contributed by atoms with E-state index in [0.717, 1.165) is 20.1 Å². The number of aromatic amines is 2. The van der Waals surface area contributed by atoms with E-state index in [0.29, 0.717) is 17.3 Å². The van der Waals surface area contributed by atoms with Crippen LogP contribution in [0.5, 0.6) is 0 Å². The molecule has 0 radical (unpaired) electrons. The van der Waals surface area contributed by atoms with Crippen LogP contribution in [0.1, 0.15) is 11.1 Å². The van der Waals surface area contributed by atoms with Crippen molar-refractivity contribution in [1.29, 1.82) is 0 Å². The number of aromatic nitrogens is 2. The maximum atomic E-state index is 11.8. The van der Waals surface area contributed by atoms with Gasteiger partial charge in [0.15, 0.2) is 0 Å². The average molecular weight is 410 g/mol. The molecule has 2 N–H and O–H groups in total. The van der Waals surface area contributed by atoms with Gasteiger partial charge in [-0.2, -0.15) is 0 Å². The largest absolute Gasteiger partial charge is 0.326 e. The van der Waals surface area contributed by atoms with Crippen LogP contribution >= 0.6 is 31.9 Å². The fourth-order valence-corrected chi connectivity index (χ4v) is 3.39. The predicted molar refractivity (Wildman–Crippen MR) is 89.8 cm³/mol. The molecular formula is C15H10Br2N2O2. The summed E-state index contributed by atoms with van der Waals surface area (Å²) >= 11 is 6.95. The van der Waals surface area contributed by atoms with Crippen molar-refractivity contribution >= 4 is 42.8 Å². The van der Waals surface area contributed by atoms with Gasteiger partial charge >= 0.3 is 5.69 Å². The van der Waals surface area contributed by atoms with E-state index in [1.165, 1.54) is 0 Å². The Bertz CT molecular complexity index is 944. The fraction of sp³-hybridized carbons (Fsp3) is 0.0667. The van der Waals surface area contributed by atoms with Crippen LogP contribution in [0.15, 0.2) is 54.9 Å². The molecule has 0 unspecified atom stereocenters. The van der Waals surface area contributed by atoms with E-state index < -0.39 is 5.69 Å². The van der Waals surface area contributed by atoms with E-state index in [1.54, 1.807) is 12.1 Å². The van der Waals surface area contributed by atoms with Crippen LogP contribution in [0.2, 0.25) is 0 Å². The standard InChI is InChI=1S/C15H10Br2N2O2/c16-10-3-2-9(12(17)7-10)5-8-1-4-13-11(6-8)14(20)19-15(21)18-13/h1-4,6-7H,5H2,(H2,18,19,20,21). The summed E-state index contributed by atoms with van der Waals surface area (Å²) in [6.45, 7) is 0. The summed E-state index contributed by atoms with van der Waals surface area (Å²) in [5, 5.41) is 0.486. The zero-order valence-corrected chi connectivity index (χ0v) is 13.9. The Morgan fingerprint density at radius 3 is 2.52 bits per heavy atom. The predicted octanol–water partition coefficient (Wildman–Crippen LogP) is 3.33. The summed E-state index contributed by atoms with van der Waals surface area (Å²) in [6, 6.07) is 11.5. The van der Waals surface area contributed by atoms with Crippen LogP contribution < -0.4 is 11.2 Å². The van der Waals surface area contributed by atoms with Gasteiger partial charge in [0.1, 0.15) is 0 Å². The van der Waals surface area contributed by atoms with Gasteiger partial charge in [-0.3, -0.25) is 9.78 Å². The Balaban J connectivity index is 2.05. The van der Waals surface area contributed by atoms with Crippen LogP contribution in [0, 0.1) is 0 Å². The molecule has 4 nitrogen and oxygen atoms in total. The first kappa shape index (κ1) is 14.3. The Kier molecular flexibility index (Phi) is 3.82. The third-order valence-corrected chi connectivity index (χ3v) is 4.45. The monoisotopic (exact) mass is 408 g/mol. The van der Waals surface area contributed by atoms with Crippen molar-refractivity contribution in [3.8, 4) is 0 Å². The van der Waals surface area contributed by atoms with Crippen molar-refractivity contribution in [2.24, 2.45) is 0 Å². The highest BCUT2D eigenvalue weighted by Crippen LogP contribution is 2.24. The molecule has 3 aromatic rings. The summed E-state index contributed by atoms with van der Waals surface area (Å²) in [5.74, 6) is 0. The van der Waals surface area contributed by atoms with Gasteiger partial charge in [-0.05, 0) is 41.8 Å². The average Bonchev–Trinajstić information content (AvgIpc) is 2.42. The van der Waals surface area contributed by atoms with Crippen molar-refractivity contribution in [2.45, 2.75) is 6.42 Å². The zero-order valence-electron chi connectivity index (χ0n) is 10.7. The van der Waals surface area contributed by atoms with Crippen molar-refractivity contribution in [2.75, 3.05) is 0 Å². The number of hydrogen-bond acceptors (Lipinski definition) is 2. The molecule has 0 atom stereocenters. The Morgan fingerprint density at radius 2 is 1.76 bits per heavy atom. The summed E-state index contributed by atoms with van der Waals surface area (Å²) in [7, 11) is 0. The van der Waals surface area contributed by atoms with Crippen molar-refractivity contribution in [3.63, 3.8) is 0 Å². The summed E-state index contributed by atoms with van der Waals surface area (Å²) in [6.07, 6.45) is 0.697. The first-order valence-electron chi connectivity index (χ1n) is 6.22. The molecule has 0 amide bonds. The molecule has 0 aliphatic carbocycles. The Labute approximate surface area is 136 Å². The van der Waals surface area contributed by atoms with Crippen LogP contribution in [-0.2, 0) is 6.42 Å². The number of nitrogens with one attached hydrogen (secondary N) is 2. The number of benzene rings is 2. The minimum absolute atomic E-state index is 0.370. The molecular weight excluding hydrogens is 400 g/mol. The topological polar surface area (TPSA) is 65.7 Å². The number of rotatable bonds is 2. The molecule has 106 valence electrons. The number of fused-ring (bicyclic) bond motifs is 1. The molecule has 0 saturated carbocycles. The van der Waals surface area contributed by atoms with E-state index in [4.69, 9.17) is 0 Å². The molecule has 0 aliphatic heterocycles. The van der Waals surface area contributed by atoms with E-state index in [9.17, 15) is 9.59 Å². The van der Waals surface area contributed by atoms with Gasteiger partial charge in [-0.1, -0.05) is 44.0 Å². The summed E-state index contributed by atoms with van der Waals surface area (Å²) < 4.78 is 2.01. The lowest BCUT2D eigenvalue weighted by Crippen LogP contribution is -2.21. The highest BCUT2D eigenvalue weighted by atomic mass is 79.9. The maximum Gasteiger partial charge on any atom is 0.326 e. The van der Waals surface area contributed by atoms with Gasteiger partial charge in [0.2, 0.25) is 0 Å². The second-order valence-electron chi connectivity index (χ2n) is 4.70. The highest BCUT2D eigenvalue weighted by molar-refractivity contribution is 9.11. The first-order chi connectivity index (χ1) is 10.0. The molecule has 21 heavy (non-hydrogen) atoms. The van der Waals surface area contributed by atoms with Gasteiger partial charge in [0, 0.05) is 8.95 Å². The molecule has 1 aromatic heterocycles. The molecule has 6 heteroatoms. The van der Waals surface area contributed by atoms with Gasteiger partial charge in [0.25, 0.3) is 5.56 Å². The molecule has 0 aliphatic rings. The van der Waals surface area contributed by atoms with Crippen molar-refractivity contribution in [1.82, 2.24) is 9.97 Å². The van der Waals surface area contributed by atoms with E-state index in [1.807, 2.05) is 24.3 Å². The van der Waals surface area contributed by atoms with Crippen LogP contribution in [0.4, 0.5) is 0 Å². The minimum atomic E-state index is -0.490. The lowest BCUT2D eigenvalue weighted by Gasteiger charge is -2.06. The Morgan fingerprint density at radius 1 is 0.952 bits per heavy atom. The summed E-state index contributed by atoms with van der Waals surface area (Å²) in [5.41, 5.74) is 1.81. The van der Waals surface area contributed by atoms with Gasteiger partial charge in [0.05, 0.1) is 10.9 Å². The van der Waals surface area contributed by atoms with E-state index >= 15 is 0 Å². The molecule has 1 heterocycles. The number of halogens is 2. The third kappa shape index (κ3) is 3.01. The number of hydrogen-bond donors (Lipinski definition) is 2. The lowest BCUT2D eigenvalue weighted by atomic mass is 10.0. The SMILES string of the molecule is O=c1[nH]c(=O)c2cc(Cc3ccc(Br)cc3Br)ccc2[nH]1. The maximum absolute atomic E-state index is 11.8. The van der Waals surface area contributed by atoms with Gasteiger partial charge < -0.3 is 4.98 Å². The third-order valence-electron chi connectivity index (χ3n) is 3.21. The molecule has 0 bridgehead atoms. The van der Waals surface area contributed by atoms with Crippen LogP contribution in [0.3, 0.4) is 0 Å². The second-order valence-corrected chi connectivity index (χ2v) is 6.47. The molecule has 3 rings (SSSR count). The molecule has 2 aromatic carbocycles. The quantitative estimate of drug-likeness (QED) is 0.681. The molecule has 0 spiro atoms. The number of H-pyrrole nitrogens is 2. The smallest absolute Gasteiger partial charge is 0.307 e.